The summed E-state index contributed by atoms with van der Waals surface area (Å²) in [5, 5.41) is 0.892. The SMILES string of the molecule is CC(=CCOc1ccc2ccc(=O)oc2c1)CC[C@@H]1C(C)(C)[C@H]2CC[C@]1(C)O2. The van der Waals surface area contributed by atoms with E-state index in [-0.39, 0.29) is 16.6 Å². The van der Waals surface area contributed by atoms with Crippen molar-refractivity contribution in [3.05, 3.63) is 52.4 Å². The van der Waals surface area contributed by atoms with Crippen molar-refractivity contribution in [1.82, 2.24) is 0 Å². The van der Waals surface area contributed by atoms with E-state index in [4.69, 9.17) is 13.9 Å². The number of ether oxygens (including phenoxy) is 2. The van der Waals surface area contributed by atoms with Gasteiger partial charge in [-0.25, -0.2) is 4.79 Å². The van der Waals surface area contributed by atoms with Gasteiger partial charge in [-0.15, -0.1) is 0 Å². The summed E-state index contributed by atoms with van der Waals surface area (Å²) in [7, 11) is 0. The van der Waals surface area contributed by atoms with Gasteiger partial charge in [0.15, 0.2) is 0 Å². The largest absolute Gasteiger partial charge is 0.489 e. The molecule has 2 fully saturated rings. The molecule has 0 amide bonds. The molecule has 4 heteroatoms. The van der Waals surface area contributed by atoms with Crippen LogP contribution in [0.5, 0.6) is 5.75 Å². The van der Waals surface area contributed by atoms with E-state index in [1.165, 1.54) is 24.5 Å². The lowest BCUT2D eigenvalue weighted by Gasteiger charge is -2.39. The van der Waals surface area contributed by atoms with E-state index in [1.54, 1.807) is 12.1 Å². The first kappa shape index (κ1) is 19.3. The van der Waals surface area contributed by atoms with Crippen LogP contribution in [0.1, 0.15) is 53.4 Å². The second kappa shape index (κ2) is 7.07. The molecule has 2 bridgehead atoms. The van der Waals surface area contributed by atoms with Crippen LogP contribution in [0.4, 0.5) is 0 Å². The van der Waals surface area contributed by atoms with Crippen molar-refractivity contribution in [2.24, 2.45) is 11.3 Å². The van der Waals surface area contributed by atoms with Crippen molar-refractivity contribution >= 4 is 11.0 Å². The van der Waals surface area contributed by atoms with E-state index in [9.17, 15) is 4.79 Å². The summed E-state index contributed by atoms with van der Waals surface area (Å²) in [4.78, 5) is 11.4. The van der Waals surface area contributed by atoms with Gasteiger partial charge >= 0.3 is 5.63 Å². The Morgan fingerprint density at radius 3 is 2.79 bits per heavy atom. The third-order valence-electron chi connectivity index (χ3n) is 6.88. The molecule has 0 unspecified atom stereocenters. The fourth-order valence-electron chi connectivity index (χ4n) is 5.21. The zero-order valence-corrected chi connectivity index (χ0v) is 17.3. The normalized spacial score (nSPS) is 28.8. The van der Waals surface area contributed by atoms with Crippen molar-refractivity contribution in [3.63, 3.8) is 0 Å². The maximum Gasteiger partial charge on any atom is 0.336 e. The maximum atomic E-state index is 11.4. The molecule has 2 aromatic rings. The first-order valence-corrected chi connectivity index (χ1v) is 10.3. The van der Waals surface area contributed by atoms with Crippen LogP contribution in [-0.4, -0.2) is 18.3 Å². The summed E-state index contributed by atoms with van der Waals surface area (Å²) in [5.74, 6) is 1.31. The second-order valence-electron chi connectivity index (χ2n) is 9.19. The van der Waals surface area contributed by atoms with Crippen molar-refractivity contribution < 1.29 is 13.9 Å². The highest BCUT2D eigenvalue weighted by molar-refractivity contribution is 5.77. The molecule has 0 aliphatic carbocycles. The predicted molar refractivity (Wildman–Crippen MR) is 111 cm³/mol. The number of fused-ring (bicyclic) bond motifs is 3. The number of benzene rings is 1. The van der Waals surface area contributed by atoms with Gasteiger partial charge in [-0.1, -0.05) is 19.4 Å². The molecule has 3 atom stereocenters. The van der Waals surface area contributed by atoms with Crippen LogP contribution in [0.15, 0.2) is 51.2 Å². The molecule has 2 aliphatic heterocycles. The third-order valence-corrected chi connectivity index (χ3v) is 6.88. The van der Waals surface area contributed by atoms with Crippen LogP contribution in [0, 0.1) is 11.3 Å². The quantitative estimate of drug-likeness (QED) is 0.489. The molecular weight excluding hydrogens is 352 g/mol. The topological polar surface area (TPSA) is 48.7 Å². The van der Waals surface area contributed by atoms with Gasteiger partial charge in [0, 0.05) is 17.5 Å². The Balaban J connectivity index is 1.33. The van der Waals surface area contributed by atoms with Gasteiger partial charge in [-0.3, -0.25) is 0 Å². The van der Waals surface area contributed by atoms with Gasteiger partial charge in [-0.2, -0.15) is 0 Å². The van der Waals surface area contributed by atoms with E-state index >= 15 is 0 Å². The molecule has 4 nitrogen and oxygen atoms in total. The molecule has 3 heterocycles. The Morgan fingerprint density at radius 2 is 2.04 bits per heavy atom. The van der Waals surface area contributed by atoms with Crippen molar-refractivity contribution in [2.75, 3.05) is 6.61 Å². The Hall–Kier alpha value is -2.07. The smallest absolute Gasteiger partial charge is 0.336 e. The average Bonchev–Trinajstić information content (AvgIpc) is 3.12. The first-order chi connectivity index (χ1) is 13.3. The molecule has 4 rings (SSSR count). The van der Waals surface area contributed by atoms with Crippen LogP contribution in [-0.2, 0) is 4.74 Å². The van der Waals surface area contributed by atoms with Crippen LogP contribution in [0.3, 0.4) is 0 Å². The van der Waals surface area contributed by atoms with Gasteiger partial charge in [0.1, 0.15) is 17.9 Å². The van der Waals surface area contributed by atoms with E-state index in [1.807, 2.05) is 12.1 Å². The van der Waals surface area contributed by atoms with Crippen molar-refractivity contribution in [1.29, 1.82) is 0 Å². The monoisotopic (exact) mass is 382 g/mol. The fraction of sp³-hybridized carbons (Fsp3) is 0.542. The molecular formula is C24H30O4. The lowest BCUT2D eigenvalue weighted by atomic mass is 9.62. The van der Waals surface area contributed by atoms with Crippen LogP contribution < -0.4 is 10.4 Å². The highest BCUT2D eigenvalue weighted by Gasteiger charge is 2.60. The molecule has 1 aromatic heterocycles. The van der Waals surface area contributed by atoms with Crippen LogP contribution in [0.2, 0.25) is 0 Å². The van der Waals surface area contributed by atoms with Crippen molar-refractivity contribution in [2.45, 2.75) is 65.1 Å². The fourth-order valence-corrected chi connectivity index (χ4v) is 5.21. The standard InChI is InChI=1S/C24H30O4/c1-16(5-9-20-23(2,3)21-11-13-24(20,4)28-21)12-14-26-18-8-6-17-7-10-22(25)27-19(17)15-18/h6-8,10,12,15,20-21H,5,9,11,13-14H2,1-4H3/t20-,21-,24+/m1/s1. The Morgan fingerprint density at radius 1 is 1.25 bits per heavy atom. The first-order valence-electron chi connectivity index (χ1n) is 10.3. The summed E-state index contributed by atoms with van der Waals surface area (Å²) in [6, 6.07) is 8.77. The summed E-state index contributed by atoms with van der Waals surface area (Å²) in [5.41, 5.74) is 1.87. The Bertz CT molecular complexity index is 950. The molecule has 0 spiro atoms. The van der Waals surface area contributed by atoms with Crippen molar-refractivity contribution in [3.8, 4) is 5.75 Å². The van der Waals surface area contributed by atoms with E-state index in [0.717, 1.165) is 18.2 Å². The molecule has 0 N–H and O–H groups in total. The number of rotatable bonds is 6. The maximum absolute atomic E-state index is 11.4. The van der Waals surface area contributed by atoms with Gasteiger partial charge < -0.3 is 13.9 Å². The van der Waals surface area contributed by atoms with E-state index in [0.29, 0.717) is 30.0 Å². The van der Waals surface area contributed by atoms with Crippen LogP contribution in [0.25, 0.3) is 11.0 Å². The molecule has 2 aliphatic rings. The highest BCUT2D eigenvalue weighted by Crippen LogP contribution is 2.59. The van der Waals surface area contributed by atoms with E-state index in [2.05, 4.69) is 33.8 Å². The van der Waals surface area contributed by atoms with Gasteiger partial charge in [0.2, 0.25) is 0 Å². The lowest BCUT2D eigenvalue weighted by molar-refractivity contribution is 0.00469. The molecule has 2 saturated heterocycles. The second-order valence-corrected chi connectivity index (χ2v) is 9.19. The molecule has 1 aromatic carbocycles. The Kier molecular flexibility index (Phi) is 4.86. The lowest BCUT2D eigenvalue weighted by Crippen LogP contribution is -2.40. The van der Waals surface area contributed by atoms with E-state index < -0.39 is 0 Å². The predicted octanol–water partition coefficient (Wildman–Crippen LogP) is 5.49. The van der Waals surface area contributed by atoms with Gasteiger partial charge in [0.05, 0.1) is 11.7 Å². The summed E-state index contributed by atoms with van der Waals surface area (Å²) < 4.78 is 17.4. The molecule has 0 radical (unpaired) electrons. The summed E-state index contributed by atoms with van der Waals surface area (Å²) in [6.07, 6.45) is 7.18. The number of hydrogen-bond acceptors (Lipinski definition) is 4. The zero-order valence-electron chi connectivity index (χ0n) is 17.3. The van der Waals surface area contributed by atoms with Crippen LogP contribution >= 0.6 is 0 Å². The minimum Gasteiger partial charge on any atom is -0.489 e. The molecule has 28 heavy (non-hydrogen) atoms. The van der Waals surface area contributed by atoms with Gasteiger partial charge in [-0.05, 0) is 75.1 Å². The Labute approximate surface area is 166 Å². The highest BCUT2D eigenvalue weighted by atomic mass is 16.5. The molecule has 0 saturated carbocycles. The molecule has 150 valence electrons. The zero-order chi connectivity index (χ0) is 19.9. The minimum atomic E-state index is -0.346. The van der Waals surface area contributed by atoms with Gasteiger partial charge in [0.25, 0.3) is 0 Å². The summed E-state index contributed by atoms with van der Waals surface area (Å²) >= 11 is 0. The number of hydrogen-bond donors (Lipinski definition) is 0. The summed E-state index contributed by atoms with van der Waals surface area (Å²) in [6.45, 7) is 9.72. The third kappa shape index (κ3) is 3.50. The minimum absolute atomic E-state index is 0.0555. The average molecular weight is 383 g/mol. The number of allylic oxidation sites excluding steroid dienone is 1.